The summed E-state index contributed by atoms with van der Waals surface area (Å²) in [5, 5.41) is 15.6. The van der Waals surface area contributed by atoms with Crippen LogP contribution in [0.2, 0.25) is 0 Å². The highest BCUT2D eigenvalue weighted by Crippen LogP contribution is 2.30. The second-order valence-electron chi connectivity index (χ2n) is 9.78. The number of phenols is 1. The summed E-state index contributed by atoms with van der Waals surface area (Å²) in [5.74, 6) is -0.808. The maximum absolute atomic E-state index is 13.9. The lowest BCUT2D eigenvalue weighted by atomic mass is 10.00. The molecule has 0 saturated carbocycles. The Bertz CT molecular complexity index is 1350. The smallest absolute Gasteiger partial charge is 0.332 e. The van der Waals surface area contributed by atoms with E-state index in [4.69, 9.17) is 0 Å². The Morgan fingerprint density at radius 2 is 1.72 bits per heavy atom. The van der Waals surface area contributed by atoms with Gasteiger partial charge in [-0.25, -0.2) is 9.18 Å². The number of nitrogens with one attached hydrogen (secondary N) is 1. The van der Waals surface area contributed by atoms with E-state index in [2.05, 4.69) is 5.32 Å². The van der Waals surface area contributed by atoms with Crippen molar-refractivity contribution in [1.29, 1.82) is 0 Å². The zero-order chi connectivity index (χ0) is 27.5. The summed E-state index contributed by atoms with van der Waals surface area (Å²) in [6.45, 7) is 0.587. The van der Waals surface area contributed by atoms with Gasteiger partial charge in [0.2, 0.25) is 11.8 Å². The summed E-state index contributed by atoms with van der Waals surface area (Å²) < 4.78 is 13.9. The van der Waals surface area contributed by atoms with Gasteiger partial charge in [-0.05, 0) is 41.0 Å². The van der Waals surface area contributed by atoms with Crippen LogP contribution in [0.3, 0.4) is 0 Å². The van der Waals surface area contributed by atoms with Gasteiger partial charge in [-0.2, -0.15) is 5.01 Å². The van der Waals surface area contributed by atoms with Gasteiger partial charge in [0.25, 0.3) is 0 Å². The summed E-state index contributed by atoms with van der Waals surface area (Å²) in [6, 6.07) is 20.9. The zero-order valence-electron chi connectivity index (χ0n) is 21.5. The number of fused-ring (bicyclic) bond motifs is 1. The molecule has 0 radical (unpaired) electrons. The highest BCUT2D eigenvalue weighted by molar-refractivity contribution is 5.91. The lowest BCUT2D eigenvalue weighted by Gasteiger charge is -2.45. The van der Waals surface area contributed by atoms with Crippen LogP contribution in [0.4, 0.5) is 9.18 Å². The molecule has 2 aliphatic heterocycles. The number of nitrogens with zero attached hydrogens (tertiary/aromatic N) is 4. The van der Waals surface area contributed by atoms with E-state index >= 15 is 0 Å². The van der Waals surface area contributed by atoms with Gasteiger partial charge in [0.05, 0.1) is 13.1 Å². The molecule has 3 aromatic rings. The number of benzene rings is 3. The van der Waals surface area contributed by atoms with Crippen LogP contribution >= 0.6 is 0 Å². The van der Waals surface area contributed by atoms with E-state index in [1.54, 1.807) is 46.1 Å². The molecule has 2 fully saturated rings. The van der Waals surface area contributed by atoms with Gasteiger partial charge in [0.15, 0.2) is 0 Å². The molecule has 5 rings (SSSR count). The molecular weight excluding hydrogens is 501 g/mol. The number of piperazine rings is 1. The molecule has 202 valence electrons. The van der Waals surface area contributed by atoms with Gasteiger partial charge >= 0.3 is 6.03 Å². The lowest BCUT2D eigenvalue weighted by molar-refractivity contribution is -0.157. The largest absolute Gasteiger partial charge is 0.508 e. The summed E-state index contributed by atoms with van der Waals surface area (Å²) in [4.78, 5) is 43.3. The Labute approximate surface area is 226 Å². The van der Waals surface area contributed by atoms with Crippen LogP contribution in [0, 0.1) is 5.82 Å². The second kappa shape index (κ2) is 11.1. The standard InChI is InChI=1S/C29H30FN5O4/c1-32(29(39)31-16-21-6-3-2-4-7-21)34-19-27(37)35-25(15-20-10-12-24(36)13-11-20)28(38)33(18-26(34)35)17-22-8-5-9-23(30)14-22/h2-14,25-26,36H,15-19H2,1H3,(H,31,39)/t25-,26+/m0/s1. The predicted molar refractivity (Wildman–Crippen MR) is 141 cm³/mol. The molecule has 0 aliphatic carbocycles. The Kier molecular flexibility index (Phi) is 7.47. The highest BCUT2D eigenvalue weighted by atomic mass is 19.1. The number of rotatable bonds is 7. The van der Waals surface area contributed by atoms with Crippen molar-refractivity contribution in [3.8, 4) is 5.75 Å². The Morgan fingerprint density at radius 3 is 2.44 bits per heavy atom. The molecule has 10 heteroatoms. The normalized spacial score (nSPS) is 19.2. The number of urea groups is 1. The Balaban J connectivity index is 1.39. The van der Waals surface area contributed by atoms with Crippen LogP contribution in [0.5, 0.6) is 5.75 Å². The van der Waals surface area contributed by atoms with Crippen molar-refractivity contribution in [1.82, 2.24) is 25.1 Å². The predicted octanol–water partition coefficient (Wildman–Crippen LogP) is 2.71. The van der Waals surface area contributed by atoms with Gasteiger partial charge < -0.3 is 20.2 Å². The summed E-state index contributed by atoms with van der Waals surface area (Å²) in [5.41, 5.74) is 2.35. The molecule has 3 aromatic carbocycles. The van der Waals surface area contributed by atoms with Crippen LogP contribution < -0.4 is 5.32 Å². The summed E-state index contributed by atoms with van der Waals surface area (Å²) in [6.07, 6.45) is -0.350. The topological polar surface area (TPSA) is 96.4 Å². The fourth-order valence-corrected chi connectivity index (χ4v) is 5.17. The number of phenolic OH excluding ortho intramolecular Hbond substituents is 1. The van der Waals surface area contributed by atoms with E-state index in [0.29, 0.717) is 12.1 Å². The van der Waals surface area contributed by atoms with Gasteiger partial charge in [-0.1, -0.05) is 54.6 Å². The quantitative estimate of drug-likeness (QED) is 0.489. The number of hydrogen-bond acceptors (Lipinski definition) is 5. The third-order valence-corrected chi connectivity index (χ3v) is 7.16. The number of aromatic hydroxyl groups is 1. The second-order valence-corrected chi connectivity index (χ2v) is 9.78. The van der Waals surface area contributed by atoms with E-state index in [9.17, 15) is 23.9 Å². The maximum Gasteiger partial charge on any atom is 0.332 e. The number of hydrogen-bond donors (Lipinski definition) is 2. The van der Waals surface area contributed by atoms with E-state index in [0.717, 1.165) is 11.1 Å². The molecular formula is C29H30FN5O4. The Hall–Kier alpha value is -4.44. The number of halogens is 1. The van der Waals surface area contributed by atoms with Crippen molar-refractivity contribution in [2.45, 2.75) is 31.7 Å². The van der Waals surface area contributed by atoms with Crippen LogP contribution in [-0.2, 0) is 29.1 Å². The first-order chi connectivity index (χ1) is 18.8. The average Bonchev–Trinajstić information content (AvgIpc) is 3.26. The summed E-state index contributed by atoms with van der Waals surface area (Å²) in [7, 11) is 1.60. The molecule has 0 bridgehead atoms. The molecule has 0 spiro atoms. The van der Waals surface area contributed by atoms with E-state index < -0.39 is 18.0 Å². The van der Waals surface area contributed by atoms with E-state index in [-0.39, 0.29) is 49.7 Å². The maximum atomic E-state index is 13.9. The van der Waals surface area contributed by atoms with Crippen LogP contribution in [-0.4, -0.2) is 75.1 Å². The molecule has 0 aromatic heterocycles. The third-order valence-electron chi connectivity index (χ3n) is 7.16. The van der Waals surface area contributed by atoms with Crippen LogP contribution in [0.1, 0.15) is 16.7 Å². The number of amides is 4. The van der Waals surface area contributed by atoms with Gasteiger partial charge in [0, 0.05) is 26.6 Å². The van der Waals surface area contributed by atoms with Gasteiger partial charge in [0.1, 0.15) is 23.8 Å². The summed E-state index contributed by atoms with van der Waals surface area (Å²) >= 11 is 0. The zero-order valence-corrected chi connectivity index (χ0v) is 21.5. The van der Waals surface area contributed by atoms with Crippen LogP contribution in [0.25, 0.3) is 0 Å². The SMILES string of the molecule is CN(C(=O)NCc1ccccc1)N1CC(=O)N2[C@@H](Cc3ccc(O)cc3)C(=O)N(Cc3cccc(F)c3)C[C@@H]21. The van der Waals surface area contributed by atoms with Gasteiger partial charge in [-0.3, -0.25) is 14.6 Å². The van der Waals surface area contributed by atoms with Crippen molar-refractivity contribution in [3.63, 3.8) is 0 Å². The van der Waals surface area contributed by atoms with Gasteiger partial charge in [-0.15, -0.1) is 0 Å². The first-order valence-electron chi connectivity index (χ1n) is 12.7. The first kappa shape index (κ1) is 26.2. The van der Waals surface area contributed by atoms with Crippen molar-refractivity contribution in [3.05, 3.63) is 101 Å². The number of carbonyl (C=O) groups is 3. The minimum Gasteiger partial charge on any atom is -0.508 e. The fourth-order valence-electron chi connectivity index (χ4n) is 5.17. The lowest BCUT2D eigenvalue weighted by Crippen LogP contribution is -2.65. The molecule has 39 heavy (non-hydrogen) atoms. The molecule has 0 unspecified atom stereocenters. The monoisotopic (exact) mass is 531 g/mol. The van der Waals surface area contributed by atoms with Crippen molar-refractivity contribution in [2.75, 3.05) is 20.1 Å². The van der Waals surface area contributed by atoms with Crippen molar-refractivity contribution >= 4 is 17.8 Å². The van der Waals surface area contributed by atoms with Crippen LogP contribution in [0.15, 0.2) is 78.9 Å². The molecule has 2 aliphatic rings. The third kappa shape index (κ3) is 5.70. The first-order valence-corrected chi connectivity index (χ1v) is 12.7. The molecule has 2 saturated heterocycles. The molecule has 2 atom stereocenters. The van der Waals surface area contributed by atoms with Crippen molar-refractivity contribution < 1.29 is 23.9 Å². The van der Waals surface area contributed by atoms with E-state index in [1.165, 1.54) is 29.3 Å². The highest BCUT2D eigenvalue weighted by Gasteiger charge is 2.51. The minimum atomic E-state index is -0.819. The van der Waals surface area contributed by atoms with Crippen molar-refractivity contribution in [2.24, 2.45) is 0 Å². The molecule has 4 amide bonds. The van der Waals surface area contributed by atoms with E-state index in [1.807, 2.05) is 30.3 Å². The minimum absolute atomic E-state index is 0.0624. The fraction of sp³-hybridized carbons (Fsp3) is 0.276. The number of hydrazine groups is 1. The molecule has 9 nitrogen and oxygen atoms in total. The number of carbonyl (C=O) groups excluding carboxylic acids is 3. The average molecular weight is 532 g/mol. The molecule has 2 heterocycles. The molecule has 2 N–H and O–H groups in total. The Morgan fingerprint density at radius 1 is 1.00 bits per heavy atom.